The Morgan fingerprint density at radius 2 is 1.76 bits per heavy atom. The van der Waals surface area contributed by atoms with Crippen molar-refractivity contribution >= 4 is 23.3 Å². The summed E-state index contributed by atoms with van der Waals surface area (Å²) in [5.74, 6) is -1.96. The molecule has 1 heterocycles. The predicted molar refractivity (Wildman–Crippen MR) is 131 cm³/mol. The van der Waals surface area contributed by atoms with Crippen LogP contribution in [0.1, 0.15) is 79.3 Å². The average Bonchev–Trinajstić information content (AvgIpc) is 2.84. The number of esters is 1. The zero-order valence-corrected chi connectivity index (χ0v) is 19.9. The van der Waals surface area contributed by atoms with Crippen LogP contribution in [-0.4, -0.2) is 36.5 Å². The van der Waals surface area contributed by atoms with Crippen molar-refractivity contribution in [3.8, 4) is 0 Å². The molecule has 2 N–H and O–H groups in total. The number of nitrogens with two attached hydrogens (primary N) is 1. The summed E-state index contributed by atoms with van der Waals surface area (Å²) in [5, 5.41) is 11.6. The van der Waals surface area contributed by atoms with Crippen LogP contribution >= 0.6 is 0 Å². The van der Waals surface area contributed by atoms with Crippen LogP contribution in [0.25, 0.3) is 0 Å². The first kappa shape index (κ1) is 25.2. The molecule has 1 fully saturated rings. The molecule has 1 saturated heterocycles. The van der Waals surface area contributed by atoms with Gasteiger partial charge in [0.25, 0.3) is 5.69 Å². The van der Waals surface area contributed by atoms with Gasteiger partial charge in [0.2, 0.25) is 5.91 Å². The maximum atomic E-state index is 12.8. The largest absolute Gasteiger partial charge is 0.462 e. The van der Waals surface area contributed by atoms with Gasteiger partial charge in [0.1, 0.15) is 0 Å². The highest BCUT2D eigenvalue weighted by molar-refractivity contribution is 5.90. The maximum Gasteiger partial charge on any atom is 0.338 e. The number of nitrogens with zero attached hydrogens (tertiary/aromatic N) is 2. The number of amides is 1. The number of hydrogen-bond acceptors (Lipinski definition) is 6. The Morgan fingerprint density at radius 3 is 2.32 bits per heavy atom. The number of rotatable bonds is 10. The Balaban J connectivity index is 2.08. The highest BCUT2D eigenvalue weighted by Gasteiger charge is 2.33. The van der Waals surface area contributed by atoms with Crippen LogP contribution in [0.15, 0.2) is 42.5 Å². The molecule has 2 unspecified atom stereocenters. The summed E-state index contributed by atoms with van der Waals surface area (Å²) >= 11 is 0. The molecule has 0 saturated carbocycles. The summed E-state index contributed by atoms with van der Waals surface area (Å²) in [5.41, 5.74) is 8.70. The van der Waals surface area contributed by atoms with Gasteiger partial charge in [-0.2, -0.15) is 0 Å². The number of nitro benzene ring substituents is 1. The molecule has 1 aliphatic rings. The van der Waals surface area contributed by atoms with Gasteiger partial charge in [-0.1, -0.05) is 25.5 Å². The summed E-state index contributed by atoms with van der Waals surface area (Å²) in [7, 11) is 0. The van der Waals surface area contributed by atoms with E-state index in [4.69, 9.17) is 10.5 Å². The standard InChI is InChI=1S/C26H33N3O5/c1-3-8-21(24(25(27)30)18-9-11-19(12-10-18)26(31)34-4-2)22-17-20(29(32)33)13-14-23(22)28-15-6-5-7-16-28/h9-14,17,21,24H,3-8,15-16H2,1-2H3,(H2,27,30). The highest BCUT2D eigenvalue weighted by Crippen LogP contribution is 2.43. The first-order valence-corrected chi connectivity index (χ1v) is 12.0. The van der Waals surface area contributed by atoms with Crippen LogP contribution in [0.5, 0.6) is 0 Å². The van der Waals surface area contributed by atoms with Crippen LogP contribution in [0.4, 0.5) is 11.4 Å². The summed E-state index contributed by atoms with van der Waals surface area (Å²) in [4.78, 5) is 38.3. The van der Waals surface area contributed by atoms with Crippen molar-refractivity contribution < 1.29 is 19.2 Å². The normalized spacial score (nSPS) is 15.4. The van der Waals surface area contributed by atoms with Crippen molar-refractivity contribution in [3.05, 3.63) is 69.3 Å². The number of carbonyl (C=O) groups is 2. The zero-order chi connectivity index (χ0) is 24.7. The van der Waals surface area contributed by atoms with Gasteiger partial charge in [-0.05, 0) is 61.9 Å². The topological polar surface area (TPSA) is 116 Å². The number of benzene rings is 2. The van der Waals surface area contributed by atoms with E-state index >= 15 is 0 Å². The minimum Gasteiger partial charge on any atom is -0.462 e. The van der Waals surface area contributed by atoms with Crippen LogP contribution in [-0.2, 0) is 9.53 Å². The second kappa shape index (κ2) is 11.6. The molecule has 8 nitrogen and oxygen atoms in total. The Kier molecular flexibility index (Phi) is 8.62. The molecule has 34 heavy (non-hydrogen) atoms. The third kappa shape index (κ3) is 5.73. The number of ether oxygens (including phenoxy) is 1. The molecule has 3 rings (SSSR count). The molecular weight excluding hydrogens is 434 g/mol. The van der Waals surface area contributed by atoms with Crippen LogP contribution in [0.2, 0.25) is 0 Å². The molecule has 2 atom stereocenters. The molecular formula is C26H33N3O5. The highest BCUT2D eigenvalue weighted by atomic mass is 16.6. The predicted octanol–water partition coefficient (Wildman–Crippen LogP) is 4.91. The van der Waals surface area contributed by atoms with Gasteiger partial charge >= 0.3 is 5.97 Å². The quantitative estimate of drug-likeness (QED) is 0.301. The van der Waals surface area contributed by atoms with Gasteiger partial charge in [0.05, 0.1) is 23.0 Å². The van der Waals surface area contributed by atoms with Gasteiger partial charge < -0.3 is 15.4 Å². The van der Waals surface area contributed by atoms with E-state index in [1.807, 2.05) is 13.0 Å². The van der Waals surface area contributed by atoms with Gasteiger partial charge in [0.15, 0.2) is 0 Å². The van der Waals surface area contributed by atoms with Crippen LogP contribution < -0.4 is 10.6 Å². The fraction of sp³-hybridized carbons (Fsp3) is 0.462. The molecule has 0 bridgehead atoms. The number of primary amides is 1. The smallest absolute Gasteiger partial charge is 0.338 e. The summed E-state index contributed by atoms with van der Waals surface area (Å²) in [6.07, 6.45) is 4.69. The third-order valence-electron chi connectivity index (χ3n) is 6.41. The van der Waals surface area contributed by atoms with Crippen molar-refractivity contribution in [1.29, 1.82) is 0 Å². The van der Waals surface area contributed by atoms with E-state index in [-0.39, 0.29) is 18.2 Å². The third-order valence-corrected chi connectivity index (χ3v) is 6.41. The molecule has 0 spiro atoms. The van der Waals surface area contributed by atoms with Gasteiger partial charge in [-0.15, -0.1) is 0 Å². The minimum absolute atomic E-state index is 0.00209. The first-order valence-electron chi connectivity index (χ1n) is 12.0. The molecule has 2 aromatic carbocycles. The van der Waals surface area contributed by atoms with Gasteiger partial charge in [-0.25, -0.2) is 4.79 Å². The minimum atomic E-state index is -0.693. The van der Waals surface area contributed by atoms with Gasteiger partial charge in [-0.3, -0.25) is 14.9 Å². The fourth-order valence-electron chi connectivity index (χ4n) is 4.82. The van der Waals surface area contributed by atoms with E-state index in [0.717, 1.165) is 50.0 Å². The van der Waals surface area contributed by atoms with E-state index in [0.29, 0.717) is 17.5 Å². The van der Waals surface area contributed by atoms with E-state index < -0.39 is 22.7 Å². The number of nitro groups is 1. The number of anilines is 1. The molecule has 0 aliphatic carbocycles. The first-order chi connectivity index (χ1) is 16.4. The molecule has 1 aliphatic heterocycles. The van der Waals surface area contributed by atoms with E-state index in [2.05, 4.69) is 4.90 Å². The van der Waals surface area contributed by atoms with E-state index in [1.165, 1.54) is 6.07 Å². The SMILES string of the molecule is CCCC(c1cc([N+](=O)[O-])ccc1N1CCCCC1)C(C(N)=O)c1ccc(C(=O)OCC)cc1. The van der Waals surface area contributed by atoms with Crippen molar-refractivity contribution in [2.24, 2.45) is 5.73 Å². The van der Waals surface area contributed by atoms with E-state index in [9.17, 15) is 19.7 Å². The lowest BCUT2D eigenvalue weighted by molar-refractivity contribution is -0.384. The fourth-order valence-corrected chi connectivity index (χ4v) is 4.82. The Bertz CT molecular complexity index is 1020. The zero-order valence-electron chi connectivity index (χ0n) is 19.9. The van der Waals surface area contributed by atoms with Crippen molar-refractivity contribution in [2.45, 2.75) is 57.8 Å². The number of non-ortho nitro benzene ring substituents is 1. The lowest BCUT2D eigenvalue weighted by Crippen LogP contribution is -2.32. The number of hydrogen-bond donors (Lipinski definition) is 1. The van der Waals surface area contributed by atoms with E-state index in [1.54, 1.807) is 37.3 Å². The van der Waals surface area contributed by atoms with Crippen molar-refractivity contribution in [3.63, 3.8) is 0 Å². The lowest BCUT2D eigenvalue weighted by atomic mass is 9.77. The molecule has 8 heteroatoms. The second-order valence-corrected chi connectivity index (χ2v) is 8.67. The van der Waals surface area contributed by atoms with Crippen LogP contribution in [0, 0.1) is 10.1 Å². The van der Waals surface area contributed by atoms with Crippen LogP contribution in [0.3, 0.4) is 0 Å². The monoisotopic (exact) mass is 467 g/mol. The maximum absolute atomic E-state index is 12.8. The van der Waals surface area contributed by atoms with Crippen molar-refractivity contribution in [1.82, 2.24) is 0 Å². The molecule has 182 valence electrons. The number of piperidine rings is 1. The summed E-state index contributed by atoms with van der Waals surface area (Å²) in [6.45, 7) is 5.78. The van der Waals surface area contributed by atoms with Crippen molar-refractivity contribution in [2.75, 3.05) is 24.6 Å². The second-order valence-electron chi connectivity index (χ2n) is 8.67. The Labute approximate surface area is 200 Å². The molecule has 0 aromatic heterocycles. The summed E-state index contributed by atoms with van der Waals surface area (Å²) < 4.78 is 5.05. The Morgan fingerprint density at radius 1 is 1.09 bits per heavy atom. The molecule has 0 radical (unpaired) electrons. The average molecular weight is 468 g/mol. The Hall–Kier alpha value is -3.42. The van der Waals surface area contributed by atoms with Gasteiger partial charge in [0, 0.05) is 36.8 Å². The molecule has 2 aromatic rings. The summed E-state index contributed by atoms with van der Waals surface area (Å²) in [6, 6.07) is 11.7. The molecule has 1 amide bonds. The number of carbonyl (C=O) groups excluding carboxylic acids is 2. The lowest BCUT2D eigenvalue weighted by Gasteiger charge is -2.34.